The first kappa shape index (κ1) is 16.4. The zero-order chi connectivity index (χ0) is 15.1. The molecular weight excluding hydrogens is 266 g/mol. The predicted octanol–water partition coefficient (Wildman–Crippen LogP) is 0.324. The van der Waals surface area contributed by atoms with Crippen LogP contribution in [0.2, 0.25) is 0 Å². The summed E-state index contributed by atoms with van der Waals surface area (Å²) in [5.74, 6) is -2.68. The molecule has 20 heavy (non-hydrogen) atoms. The van der Waals surface area contributed by atoms with Crippen LogP contribution in [0.25, 0.3) is 0 Å². The average molecular weight is 287 g/mol. The molecule has 114 valence electrons. The summed E-state index contributed by atoms with van der Waals surface area (Å²) in [6.45, 7) is 4.00. The van der Waals surface area contributed by atoms with E-state index < -0.39 is 35.9 Å². The Kier molecular flexibility index (Phi) is 6.44. The van der Waals surface area contributed by atoms with Gasteiger partial charge in [-0.1, -0.05) is 6.92 Å². The average Bonchev–Trinajstić information content (AvgIpc) is 2.91. The van der Waals surface area contributed by atoms with Crippen LogP contribution < -0.4 is 5.32 Å². The number of nitrogens with one attached hydrogen (secondary N) is 1. The molecule has 2 N–H and O–H groups in total. The van der Waals surface area contributed by atoms with Crippen molar-refractivity contribution in [3.8, 4) is 0 Å². The van der Waals surface area contributed by atoms with E-state index in [9.17, 15) is 14.4 Å². The molecule has 1 aliphatic heterocycles. The van der Waals surface area contributed by atoms with Gasteiger partial charge >= 0.3 is 11.9 Å². The minimum Gasteiger partial charge on any atom is -0.480 e. The number of rotatable bonds is 7. The third kappa shape index (κ3) is 4.80. The highest BCUT2D eigenvalue weighted by atomic mass is 16.5. The van der Waals surface area contributed by atoms with Gasteiger partial charge in [-0.3, -0.25) is 9.59 Å². The Balaban J connectivity index is 2.53. The number of esters is 1. The van der Waals surface area contributed by atoms with Gasteiger partial charge in [-0.2, -0.15) is 0 Å². The summed E-state index contributed by atoms with van der Waals surface area (Å²) >= 11 is 0. The van der Waals surface area contributed by atoms with Crippen LogP contribution in [0.1, 0.15) is 33.1 Å². The van der Waals surface area contributed by atoms with Gasteiger partial charge in [-0.15, -0.1) is 0 Å². The molecule has 7 heteroatoms. The Labute approximate surface area is 117 Å². The van der Waals surface area contributed by atoms with Gasteiger partial charge in [0.1, 0.15) is 12.1 Å². The summed E-state index contributed by atoms with van der Waals surface area (Å²) in [5, 5.41) is 11.5. The molecule has 0 spiro atoms. The van der Waals surface area contributed by atoms with Gasteiger partial charge in [0.05, 0.1) is 12.5 Å². The third-order valence-electron chi connectivity index (χ3n) is 3.11. The monoisotopic (exact) mass is 287 g/mol. The second kappa shape index (κ2) is 7.84. The number of amides is 1. The second-order valence-electron chi connectivity index (χ2n) is 4.79. The number of hydrogen-bond acceptors (Lipinski definition) is 5. The number of ether oxygens (including phenoxy) is 2. The molecule has 7 nitrogen and oxygen atoms in total. The fourth-order valence-electron chi connectivity index (χ4n) is 2.00. The lowest BCUT2D eigenvalue weighted by atomic mass is 10.0. The van der Waals surface area contributed by atoms with E-state index in [4.69, 9.17) is 14.6 Å². The van der Waals surface area contributed by atoms with Crippen molar-refractivity contribution in [3.05, 3.63) is 0 Å². The van der Waals surface area contributed by atoms with Gasteiger partial charge in [0, 0.05) is 6.61 Å². The molecule has 1 rings (SSSR count). The molecule has 0 aromatic heterocycles. The molecule has 1 saturated heterocycles. The van der Waals surface area contributed by atoms with Crippen LogP contribution in [0, 0.1) is 5.92 Å². The Morgan fingerprint density at radius 3 is 2.65 bits per heavy atom. The highest BCUT2D eigenvalue weighted by Gasteiger charge is 2.30. The summed E-state index contributed by atoms with van der Waals surface area (Å²) in [4.78, 5) is 34.5. The molecule has 0 aromatic carbocycles. The number of carboxylic acids is 1. The highest BCUT2D eigenvalue weighted by molar-refractivity contribution is 5.86. The molecule has 0 aliphatic carbocycles. The maximum Gasteiger partial charge on any atom is 0.326 e. The van der Waals surface area contributed by atoms with E-state index in [-0.39, 0.29) is 13.0 Å². The van der Waals surface area contributed by atoms with Gasteiger partial charge in [0.2, 0.25) is 5.91 Å². The van der Waals surface area contributed by atoms with Crippen LogP contribution in [0.15, 0.2) is 0 Å². The summed E-state index contributed by atoms with van der Waals surface area (Å²) in [6.07, 6.45) is 0.780. The summed E-state index contributed by atoms with van der Waals surface area (Å²) in [7, 11) is 0. The molecular formula is C13H21NO6. The fourth-order valence-corrected chi connectivity index (χ4v) is 2.00. The summed E-state index contributed by atoms with van der Waals surface area (Å²) in [5.41, 5.74) is 0. The number of carbonyl (C=O) groups excluding carboxylic acids is 2. The van der Waals surface area contributed by atoms with E-state index in [1.807, 2.05) is 0 Å². The third-order valence-corrected chi connectivity index (χ3v) is 3.11. The minimum absolute atomic E-state index is 0.00731. The van der Waals surface area contributed by atoms with Gasteiger partial charge in [0.25, 0.3) is 0 Å². The first-order valence-electron chi connectivity index (χ1n) is 6.77. The molecule has 0 unspecified atom stereocenters. The maximum absolute atomic E-state index is 11.8. The van der Waals surface area contributed by atoms with Crippen molar-refractivity contribution in [3.63, 3.8) is 0 Å². The van der Waals surface area contributed by atoms with Crippen LogP contribution in [0.3, 0.4) is 0 Å². The lowest BCUT2D eigenvalue weighted by molar-refractivity contribution is -0.150. The van der Waals surface area contributed by atoms with Crippen molar-refractivity contribution in [2.24, 2.45) is 5.92 Å². The molecule has 3 atom stereocenters. The van der Waals surface area contributed by atoms with Crippen molar-refractivity contribution in [2.75, 3.05) is 13.2 Å². The van der Waals surface area contributed by atoms with Crippen LogP contribution in [-0.2, 0) is 23.9 Å². The molecule has 0 aromatic rings. The maximum atomic E-state index is 11.8. The van der Waals surface area contributed by atoms with Crippen LogP contribution in [0.5, 0.6) is 0 Å². The van der Waals surface area contributed by atoms with Gasteiger partial charge in [-0.25, -0.2) is 4.79 Å². The highest BCUT2D eigenvalue weighted by Crippen LogP contribution is 2.14. The van der Waals surface area contributed by atoms with E-state index in [1.165, 1.54) is 0 Å². The molecule has 0 bridgehead atoms. The van der Waals surface area contributed by atoms with Crippen molar-refractivity contribution in [1.29, 1.82) is 0 Å². The molecule has 1 fully saturated rings. The normalized spacial score (nSPS) is 21.0. The standard InChI is InChI=1S/C13H21NO6/c1-3-19-13(18)8(2)7-9(12(16)17)14-11(15)10-5-4-6-20-10/h8-10H,3-7H2,1-2H3,(H,14,15)(H,16,17)/t8-,9+,10+/m1/s1. The van der Waals surface area contributed by atoms with E-state index in [0.29, 0.717) is 13.0 Å². The zero-order valence-electron chi connectivity index (χ0n) is 11.8. The van der Waals surface area contributed by atoms with Crippen LogP contribution in [0.4, 0.5) is 0 Å². The fraction of sp³-hybridized carbons (Fsp3) is 0.769. The van der Waals surface area contributed by atoms with Gasteiger partial charge < -0.3 is 19.9 Å². The van der Waals surface area contributed by atoms with Gasteiger partial charge in [-0.05, 0) is 26.2 Å². The second-order valence-corrected chi connectivity index (χ2v) is 4.79. The Bertz CT molecular complexity index is 364. The Hall–Kier alpha value is -1.63. The minimum atomic E-state index is -1.17. The van der Waals surface area contributed by atoms with Crippen LogP contribution in [-0.4, -0.2) is 48.3 Å². The number of carboxylic acid groups (broad SMARTS) is 1. The number of hydrogen-bond donors (Lipinski definition) is 2. The van der Waals surface area contributed by atoms with Crippen molar-refractivity contribution in [2.45, 2.75) is 45.3 Å². The van der Waals surface area contributed by atoms with Crippen molar-refractivity contribution >= 4 is 17.8 Å². The number of carbonyl (C=O) groups is 3. The molecule has 0 saturated carbocycles. The quantitative estimate of drug-likeness (QED) is 0.654. The largest absolute Gasteiger partial charge is 0.480 e. The molecule has 0 radical (unpaired) electrons. The van der Waals surface area contributed by atoms with Crippen molar-refractivity contribution in [1.82, 2.24) is 5.32 Å². The molecule has 1 amide bonds. The smallest absolute Gasteiger partial charge is 0.326 e. The lowest BCUT2D eigenvalue weighted by Gasteiger charge is -2.19. The Morgan fingerprint density at radius 1 is 1.45 bits per heavy atom. The lowest BCUT2D eigenvalue weighted by Crippen LogP contribution is -2.46. The first-order chi connectivity index (χ1) is 9.45. The zero-order valence-corrected chi connectivity index (χ0v) is 11.8. The van der Waals surface area contributed by atoms with Crippen molar-refractivity contribution < 1.29 is 29.0 Å². The Morgan fingerprint density at radius 2 is 2.15 bits per heavy atom. The van der Waals surface area contributed by atoms with E-state index in [0.717, 1.165) is 6.42 Å². The molecule has 1 aliphatic rings. The topological polar surface area (TPSA) is 102 Å². The van der Waals surface area contributed by atoms with E-state index in [2.05, 4.69) is 5.32 Å². The van der Waals surface area contributed by atoms with E-state index in [1.54, 1.807) is 13.8 Å². The first-order valence-corrected chi connectivity index (χ1v) is 6.77. The van der Waals surface area contributed by atoms with Crippen LogP contribution >= 0.6 is 0 Å². The number of aliphatic carboxylic acids is 1. The SMILES string of the molecule is CCOC(=O)[C@H](C)C[C@H](NC(=O)[C@@H]1CCCO1)C(=O)O. The van der Waals surface area contributed by atoms with E-state index >= 15 is 0 Å². The summed E-state index contributed by atoms with van der Waals surface area (Å²) < 4.78 is 10.0. The van der Waals surface area contributed by atoms with Gasteiger partial charge in [0.15, 0.2) is 0 Å². The molecule has 1 heterocycles. The predicted molar refractivity (Wildman–Crippen MR) is 69.0 cm³/mol. The summed E-state index contributed by atoms with van der Waals surface area (Å²) in [6, 6.07) is -1.12.